The molecule has 34 heavy (non-hydrogen) atoms. The predicted molar refractivity (Wildman–Crippen MR) is 116 cm³/mol. The highest BCUT2D eigenvalue weighted by atomic mass is 32.1. The van der Waals surface area contributed by atoms with E-state index in [0.717, 1.165) is 5.69 Å². The number of thiazole rings is 1. The summed E-state index contributed by atoms with van der Waals surface area (Å²) < 4.78 is 48.0. The first-order valence-electron chi connectivity index (χ1n) is 10.3. The summed E-state index contributed by atoms with van der Waals surface area (Å²) in [4.78, 5) is 33.9. The molecular formula is C22H17F3N6O2S. The molecule has 3 aromatic heterocycles. The Kier molecular flexibility index (Phi) is 5.16. The van der Waals surface area contributed by atoms with Gasteiger partial charge in [0.1, 0.15) is 22.4 Å². The molecule has 0 bridgehead atoms. The van der Waals surface area contributed by atoms with E-state index >= 15 is 0 Å². The Morgan fingerprint density at radius 2 is 2.18 bits per heavy atom. The number of rotatable bonds is 4. The van der Waals surface area contributed by atoms with Gasteiger partial charge in [0.2, 0.25) is 5.76 Å². The summed E-state index contributed by atoms with van der Waals surface area (Å²) in [6.45, 7) is 10.4. The summed E-state index contributed by atoms with van der Waals surface area (Å²) in [6.07, 6.45) is -1.21. The standard InChI is InChI=1S/C22H17F3N6O2S/c1-22(2,26-3)21-30-15(18(24)25)17(33-21)20(32)31-8-7-11-14(28-9-27-11)16(31)19-29-13-10(23)5-4-6-12(13)34-19/h4-6,9,16,18H,7-8H2,1-2H3,(H,27,28)/t16-/m0/s1. The SMILES string of the molecule is [C-]#[N+]C(C)(C)c1nc(C(F)F)c(C(=O)N2CCc3[nH]cnc3[C@H]2c2nc3c(F)cccc3s2)o1. The van der Waals surface area contributed by atoms with E-state index in [-0.39, 0.29) is 18.0 Å². The van der Waals surface area contributed by atoms with Crippen molar-refractivity contribution in [3.63, 3.8) is 0 Å². The van der Waals surface area contributed by atoms with Gasteiger partial charge in [-0.1, -0.05) is 6.07 Å². The normalized spacial score (nSPS) is 16.1. The average molecular weight is 486 g/mol. The Balaban J connectivity index is 1.63. The second-order valence-corrected chi connectivity index (χ2v) is 9.32. The van der Waals surface area contributed by atoms with Gasteiger partial charge in [-0.2, -0.15) is 0 Å². The molecule has 0 unspecified atom stereocenters. The molecule has 1 aromatic carbocycles. The highest BCUT2D eigenvalue weighted by Gasteiger charge is 2.42. The van der Waals surface area contributed by atoms with E-state index in [0.29, 0.717) is 21.8 Å². The number of oxazole rings is 1. The number of para-hydroxylation sites is 1. The van der Waals surface area contributed by atoms with E-state index in [9.17, 15) is 18.0 Å². The lowest BCUT2D eigenvalue weighted by atomic mass is 10.0. The molecule has 1 aliphatic rings. The minimum atomic E-state index is -3.08. The van der Waals surface area contributed by atoms with Gasteiger partial charge in [-0.05, 0) is 12.1 Å². The van der Waals surface area contributed by atoms with Crippen LogP contribution in [0.5, 0.6) is 0 Å². The van der Waals surface area contributed by atoms with Crippen LogP contribution in [0.2, 0.25) is 0 Å². The van der Waals surface area contributed by atoms with Crippen LogP contribution >= 0.6 is 11.3 Å². The number of nitrogens with zero attached hydrogens (tertiary/aromatic N) is 5. The quantitative estimate of drug-likeness (QED) is 0.409. The first kappa shape index (κ1) is 22.1. The fourth-order valence-electron chi connectivity index (χ4n) is 3.87. The van der Waals surface area contributed by atoms with Gasteiger partial charge in [-0.15, -0.1) is 11.3 Å². The van der Waals surface area contributed by atoms with Gasteiger partial charge in [-0.3, -0.25) is 4.79 Å². The lowest BCUT2D eigenvalue weighted by Crippen LogP contribution is -2.41. The molecular weight excluding hydrogens is 469 g/mol. The number of imidazole rings is 1. The molecule has 0 saturated carbocycles. The van der Waals surface area contributed by atoms with Crippen LogP contribution in [-0.4, -0.2) is 37.3 Å². The van der Waals surface area contributed by atoms with E-state index in [2.05, 4.69) is 24.8 Å². The topological polar surface area (TPSA) is 92.3 Å². The molecule has 0 saturated heterocycles. The van der Waals surface area contributed by atoms with Crippen LogP contribution < -0.4 is 0 Å². The predicted octanol–water partition coefficient (Wildman–Crippen LogP) is 5.03. The molecule has 5 rings (SSSR count). The number of fused-ring (bicyclic) bond motifs is 2. The third-order valence-corrected chi connectivity index (χ3v) is 6.74. The number of aromatic amines is 1. The van der Waals surface area contributed by atoms with E-state index in [1.807, 2.05) is 0 Å². The number of alkyl halides is 2. The maximum Gasteiger partial charge on any atom is 0.301 e. The minimum Gasteiger partial charge on any atom is -0.428 e. The van der Waals surface area contributed by atoms with Crippen molar-refractivity contribution in [3.05, 3.63) is 75.5 Å². The van der Waals surface area contributed by atoms with Gasteiger partial charge >= 0.3 is 5.54 Å². The highest BCUT2D eigenvalue weighted by Crippen LogP contribution is 2.40. The van der Waals surface area contributed by atoms with Crippen molar-refractivity contribution >= 4 is 27.5 Å². The summed E-state index contributed by atoms with van der Waals surface area (Å²) in [5.74, 6) is -2.22. The van der Waals surface area contributed by atoms with Gasteiger partial charge in [-0.25, -0.2) is 34.7 Å². The van der Waals surface area contributed by atoms with Crippen molar-refractivity contribution in [1.29, 1.82) is 0 Å². The van der Waals surface area contributed by atoms with Gasteiger partial charge in [0.25, 0.3) is 18.2 Å². The van der Waals surface area contributed by atoms with Crippen LogP contribution in [0.15, 0.2) is 28.9 Å². The molecule has 8 nitrogen and oxygen atoms in total. The van der Waals surface area contributed by atoms with Crippen LogP contribution in [-0.2, 0) is 12.0 Å². The fraction of sp³-hybridized carbons (Fsp3) is 0.318. The molecule has 1 N–H and O–H groups in total. The van der Waals surface area contributed by atoms with Crippen LogP contribution in [0.25, 0.3) is 15.1 Å². The molecule has 174 valence electrons. The number of hydrogen-bond donors (Lipinski definition) is 1. The Bertz CT molecular complexity index is 1450. The lowest BCUT2D eigenvalue weighted by molar-refractivity contribution is 0.0639. The maximum atomic E-state index is 14.3. The van der Waals surface area contributed by atoms with Crippen LogP contribution in [0, 0.1) is 12.4 Å². The molecule has 1 aliphatic heterocycles. The minimum absolute atomic E-state index is 0.155. The van der Waals surface area contributed by atoms with Gasteiger partial charge in [0.05, 0.1) is 16.7 Å². The van der Waals surface area contributed by atoms with Crippen molar-refractivity contribution in [2.24, 2.45) is 0 Å². The largest absolute Gasteiger partial charge is 0.428 e. The smallest absolute Gasteiger partial charge is 0.301 e. The summed E-state index contributed by atoms with van der Waals surface area (Å²) in [5, 5.41) is 0.390. The number of carbonyl (C=O) groups excluding carboxylic acids is 1. The van der Waals surface area contributed by atoms with E-state index in [1.54, 1.807) is 12.1 Å². The lowest BCUT2D eigenvalue weighted by Gasteiger charge is -2.33. The van der Waals surface area contributed by atoms with Crippen molar-refractivity contribution in [1.82, 2.24) is 24.8 Å². The molecule has 1 atom stereocenters. The van der Waals surface area contributed by atoms with Gasteiger partial charge in [0.15, 0.2) is 5.69 Å². The number of hydrogen-bond acceptors (Lipinski definition) is 6. The first-order valence-corrected chi connectivity index (χ1v) is 11.1. The van der Waals surface area contributed by atoms with E-state index < -0.39 is 41.2 Å². The van der Waals surface area contributed by atoms with Crippen molar-refractivity contribution in [2.45, 2.75) is 38.3 Å². The molecule has 4 aromatic rings. The molecule has 0 aliphatic carbocycles. The number of amides is 1. The number of H-pyrrole nitrogens is 1. The Labute approximate surface area is 195 Å². The van der Waals surface area contributed by atoms with Crippen LogP contribution in [0.4, 0.5) is 13.2 Å². The van der Waals surface area contributed by atoms with E-state index in [4.69, 9.17) is 11.0 Å². The van der Waals surface area contributed by atoms with Gasteiger partial charge in [0, 0.05) is 32.5 Å². The molecule has 12 heteroatoms. The summed E-state index contributed by atoms with van der Waals surface area (Å²) in [7, 11) is 0. The Hall–Kier alpha value is -3.72. The summed E-state index contributed by atoms with van der Waals surface area (Å²) in [6, 6.07) is 3.73. The molecule has 4 heterocycles. The molecule has 0 radical (unpaired) electrons. The number of benzene rings is 1. The highest BCUT2D eigenvalue weighted by molar-refractivity contribution is 7.18. The third-order valence-electron chi connectivity index (χ3n) is 5.66. The third kappa shape index (κ3) is 3.43. The van der Waals surface area contributed by atoms with Crippen molar-refractivity contribution in [3.8, 4) is 0 Å². The number of halogens is 3. The molecule has 0 fully saturated rings. The average Bonchev–Trinajstić information content (AvgIpc) is 3.55. The van der Waals surface area contributed by atoms with E-state index in [1.165, 1.54) is 42.5 Å². The fourth-order valence-corrected chi connectivity index (χ4v) is 4.97. The number of carbonyl (C=O) groups is 1. The zero-order valence-corrected chi connectivity index (χ0v) is 18.8. The summed E-state index contributed by atoms with van der Waals surface area (Å²) in [5.41, 5.74) is -0.719. The van der Waals surface area contributed by atoms with Crippen LogP contribution in [0.1, 0.15) is 64.8 Å². The zero-order chi connectivity index (χ0) is 24.2. The first-order chi connectivity index (χ1) is 16.2. The molecule has 0 spiro atoms. The molecule has 1 amide bonds. The second-order valence-electron chi connectivity index (χ2n) is 8.26. The number of aromatic nitrogens is 4. The maximum absolute atomic E-state index is 14.3. The second kappa shape index (κ2) is 7.95. The number of nitrogens with one attached hydrogen (secondary N) is 1. The monoisotopic (exact) mass is 486 g/mol. The van der Waals surface area contributed by atoms with Crippen molar-refractivity contribution in [2.75, 3.05) is 6.54 Å². The Morgan fingerprint density at radius 1 is 1.38 bits per heavy atom. The van der Waals surface area contributed by atoms with Crippen LogP contribution in [0.3, 0.4) is 0 Å². The van der Waals surface area contributed by atoms with Gasteiger partial charge < -0.3 is 19.1 Å². The van der Waals surface area contributed by atoms with Crippen molar-refractivity contribution < 1.29 is 22.4 Å². The zero-order valence-electron chi connectivity index (χ0n) is 18.0. The summed E-state index contributed by atoms with van der Waals surface area (Å²) >= 11 is 1.19. The Morgan fingerprint density at radius 3 is 2.88 bits per heavy atom.